The van der Waals surface area contributed by atoms with Gasteiger partial charge in [0, 0.05) is 37.2 Å². The maximum absolute atomic E-state index is 15.4. The Labute approximate surface area is 243 Å². The lowest BCUT2D eigenvalue weighted by Crippen LogP contribution is -2.73. The molecule has 1 amide bonds. The highest BCUT2D eigenvalue weighted by Crippen LogP contribution is 2.44. The van der Waals surface area contributed by atoms with E-state index in [1.165, 1.54) is 12.1 Å². The summed E-state index contributed by atoms with van der Waals surface area (Å²) in [7, 11) is 0. The molecule has 2 N–H and O–H groups in total. The van der Waals surface area contributed by atoms with Crippen LogP contribution in [0.4, 0.5) is 29.5 Å². The number of aromatic nitrogens is 3. The van der Waals surface area contributed by atoms with E-state index in [0.29, 0.717) is 35.8 Å². The van der Waals surface area contributed by atoms with Gasteiger partial charge in [-0.15, -0.1) is 0 Å². The standard InChI is InChI=1S/C30H37F3N6O3/c1-17(20-9-8-10-22(23(20)31)30(32,33)28(6,7)41)35-25-21-11-19(12-34-24(21)36-18(2)37-25)38-13-29(14-38)15-39(16-29)26(40)42-27(3,4)5/h8-12,17,41H,13-16H2,1-7H3,(H,34,35,36,37). The summed E-state index contributed by atoms with van der Waals surface area (Å²) in [6.07, 6.45) is 1.43. The Morgan fingerprint density at radius 1 is 1.12 bits per heavy atom. The number of ether oxygens (including phenoxy) is 1. The van der Waals surface area contributed by atoms with Crippen molar-refractivity contribution in [3.05, 3.63) is 53.2 Å². The van der Waals surface area contributed by atoms with Crippen LogP contribution in [0.3, 0.4) is 0 Å². The van der Waals surface area contributed by atoms with E-state index in [1.807, 2.05) is 26.8 Å². The van der Waals surface area contributed by atoms with E-state index in [4.69, 9.17) is 4.74 Å². The molecule has 2 aliphatic heterocycles. The third-order valence-electron chi connectivity index (χ3n) is 7.73. The Bertz CT molecular complexity index is 1520. The van der Waals surface area contributed by atoms with Crippen LogP contribution in [-0.2, 0) is 10.7 Å². The number of likely N-dealkylation sites (tertiary alicyclic amines) is 1. The molecular formula is C30H37F3N6O3. The van der Waals surface area contributed by atoms with Gasteiger partial charge in [-0.1, -0.05) is 12.1 Å². The number of alkyl halides is 2. The van der Waals surface area contributed by atoms with Gasteiger partial charge in [0.1, 0.15) is 28.7 Å². The minimum absolute atomic E-state index is 0.00848. The predicted molar refractivity (Wildman–Crippen MR) is 153 cm³/mol. The summed E-state index contributed by atoms with van der Waals surface area (Å²) in [5.41, 5.74) is -2.55. The van der Waals surface area contributed by atoms with Crippen molar-refractivity contribution in [2.45, 2.75) is 71.6 Å². The van der Waals surface area contributed by atoms with Crippen molar-refractivity contribution in [1.82, 2.24) is 19.9 Å². The van der Waals surface area contributed by atoms with Crippen LogP contribution < -0.4 is 10.2 Å². The van der Waals surface area contributed by atoms with Gasteiger partial charge >= 0.3 is 12.0 Å². The first-order valence-electron chi connectivity index (χ1n) is 13.9. The van der Waals surface area contributed by atoms with Crippen molar-refractivity contribution in [2.24, 2.45) is 5.41 Å². The number of rotatable bonds is 6. The molecule has 9 nitrogen and oxygen atoms in total. The molecule has 12 heteroatoms. The van der Waals surface area contributed by atoms with Gasteiger partial charge in [0.2, 0.25) is 0 Å². The number of anilines is 2. The first-order valence-corrected chi connectivity index (χ1v) is 13.9. The monoisotopic (exact) mass is 586 g/mol. The number of aliphatic hydroxyl groups is 1. The van der Waals surface area contributed by atoms with E-state index >= 15 is 4.39 Å². The molecule has 2 aliphatic rings. The number of nitrogens with one attached hydrogen (secondary N) is 1. The number of halogens is 3. The number of benzene rings is 1. The van der Waals surface area contributed by atoms with Crippen molar-refractivity contribution in [3.63, 3.8) is 0 Å². The van der Waals surface area contributed by atoms with E-state index in [2.05, 4.69) is 25.2 Å². The minimum atomic E-state index is -3.80. The van der Waals surface area contributed by atoms with Crippen molar-refractivity contribution >= 4 is 28.6 Å². The van der Waals surface area contributed by atoms with Crippen molar-refractivity contribution in [1.29, 1.82) is 0 Å². The molecule has 0 aliphatic carbocycles. The summed E-state index contributed by atoms with van der Waals surface area (Å²) in [5, 5.41) is 13.7. The Balaban J connectivity index is 1.34. The van der Waals surface area contributed by atoms with Gasteiger partial charge in [-0.2, -0.15) is 8.78 Å². The molecule has 3 aromatic rings. The maximum atomic E-state index is 15.4. The second kappa shape index (κ2) is 9.96. The number of nitrogens with zero attached hydrogens (tertiary/aromatic N) is 5. The number of carbonyl (C=O) groups excluding carboxylic acids is 1. The second-order valence-corrected chi connectivity index (χ2v) is 13.1. The van der Waals surface area contributed by atoms with Crippen LogP contribution >= 0.6 is 0 Å². The van der Waals surface area contributed by atoms with Gasteiger partial charge in [0.15, 0.2) is 5.65 Å². The summed E-state index contributed by atoms with van der Waals surface area (Å²) >= 11 is 0. The zero-order chi connectivity index (χ0) is 30.8. The Morgan fingerprint density at radius 3 is 2.40 bits per heavy atom. The molecule has 0 saturated carbocycles. The first kappa shape index (κ1) is 29.8. The molecule has 1 atom stereocenters. The first-order chi connectivity index (χ1) is 19.4. The molecule has 0 radical (unpaired) electrons. The SMILES string of the molecule is Cc1nc(NC(C)c2cccc(C(F)(F)C(C)(C)O)c2F)c2cc(N3CC4(CN(C(=O)OC(C)(C)C)C4)C3)cnc2n1. The average molecular weight is 587 g/mol. The van der Waals surface area contributed by atoms with E-state index in [9.17, 15) is 18.7 Å². The van der Waals surface area contributed by atoms with Crippen LogP contribution in [0.2, 0.25) is 0 Å². The van der Waals surface area contributed by atoms with Gasteiger partial charge in [0.25, 0.3) is 0 Å². The fourth-order valence-corrected chi connectivity index (χ4v) is 5.50. The molecule has 2 aromatic heterocycles. The largest absolute Gasteiger partial charge is 0.444 e. The molecule has 1 spiro atoms. The molecule has 0 bridgehead atoms. The van der Waals surface area contributed by atoms with E-state index in [1.54, 1.807) is 24.9 Å². The average Bonchev–Trinajstić information content (AvgIpc) is 2.80. The normalized spacial score (nSPS) is 17.6. The van der Waals surface area contributed by atoms with Gasteiger partial charge in [0.05, 0.1) is 28.9 Å². The number of pyridine rings is 1. The van der Waals surface area contributed by atoms with Crippen molar-refractivity contribution in [2.75, 3.05) is 36.4 Å². The summed E-state index contributed by atoms with van der Waals surface area (Å²) in [5.74, 6) is -4.05. The van der Waals surface area contributed by atoms with Crippen LogP contribution in [0.1, 0.15) is 64.5 Å². The fourth-order valence-electron chi connectivity index (χ4n) is 5.50. The molecule has 4 heterocycles. The Hall–Kier alpha value is -3.67. The highest BCUT2D eigenvalue weighted by atomic mass is 19.3. The molecule has 1 unspecified atom stereocenters. The molecular weight excluding hydrogens is 549 g/mol. The highest BCUT2D eigenvalue weighted by molar-refractivity contribution is 5.89. The smallest absolute Gasteiger partial charge is 0.410 e. The summed E-state index contributed by atoms with van der Waals surface area (Å²) < 4.78 is 50.6. The lowest BCUT2D eigenvalue weighted by molar-refractivity contribution is -0.170. The Morgan fingerprint density at radius 2 is 1.79 bits per heavy atom. The third kappa shape index (κ3) is 5.44. The summed E-state index contributed by atoms with van der Waals surface area (Å²) in [6.45, 7) is 13.5. The molecule has 5 rings (SSSR count). The lowest BCUT2D eigenvalue weighted by Gasteiger charge is -2.60. The summed E-state index contributed by atoms with van der Waals surface area (Å²) in [6, 6.07) is 4.92. The van der Waals surface area contributed by atoms with Crippen LogP contribution in [-0.4, -0.2) is 68.4 Å². The van der Waals surface area contributed by atoms with E-state index in [0.717, 1.165) is 38.7 Å². The zero-order valence-electron chi connectivity index (χ0n) is 24.9. The van der Waals surface area contributed by atoms with Gasteiger partial charge < -0.3 is 25.0 Å². The fraction of sp³-hybridized carbons (Fsp3) is 0.533. The summed E-state index contributed by atoms with van der Waals surface area (Å²) in [4.78, 5) is 29.7. The van der Waals surface area contributed by atoms with Crippen LogP contribution in [0, 0.1) is 18.2 Å². The van der Waals surface area contributed by atoms with E-state index < -0.39 is 34.5 Å². The van der Waals surface area contributed by atoms with E-state index in [-0.39, 0.29) is 17.1 Å². The van der Waals surface area contributed by atoms with Crippen LogP contribution in [0.5, 0.6) is 0 Å². The molecule has 2 fully saturated rings. The maximum Gasteiger partial charge on any atom is 0.410 e. The topological polar surface area (TPSA) is 104 Å². The number of hydrogen-bond donors (Lipinski definition) is 2. The number of fused-ring (bicyclic) bond motifs is 1. The van der Waals surface area contributed by atoms with Crippen LogP contribution in [0.25, 0.3) is 11.0 Å². The quantitative estimate of drug-likeness (QED) is 0.387. The Kier molecular flexibility index (Phi) is 7.07. The zero-order valence-corrected chi connectivity index (χ0v) is 24.9. The third-order valence-corrected chi connectivity index (χ3v) is 7.73. The highest BCUT2D eigenvalue weighted by Gasteiger charge is 2.54. The predicted octanol–water partition coefficient (Wildman–Crippen LogP) is 5.57. The number of amides is 1. The molecule has 1 aromatic carbocycles. The van der Waals surface area contributed by atoms with Gasteiger partial charge in [-0.05, 0) is 60.6 Å². The number of aryl methyl sites for hydroxylation is 1. The molecule has 2 saturated heterocycles. The number of carbonyl (C=O) groups is 1. The van der Waals surface area contributed by atoms with Crippen molar-refractivity contribution < 1.29 is 27.8 Å². The minimum Gasteiger partial charge on any atom is -0.444 e. The van der Waals surface area contributed by atoms with Gasteiger partial charge in [-0.25, -0.2) is 24.1 Å². The van der Waals surface area contributed by atoms with Crippen LogP contribution in [0.15, 0.2) is 30.5 Å². The number of hydrogen-bond acceptors (Lipinski definition) is 8. The van der Waals surface area contributed by atoms with Crippen molar-refractivity contribution in [3.8, 4) is 0 Å². The van der Waals surface area contributed by atoms with Gasteiger partial charge in [-0.3, -0.25) is 0 Å². The second-order valence-electron chi connectivity index (χ2n) is 13.1. The molecule has 226 valence electrons. The molecule has 42 heavy (non-hydrogen) atoms. The lowest BCUT2D eigenvalue weighted by atomic mass is 9.73.